The summed E-state index contributed by atoms with van der Waals surface area (Å²) in [4.78, 5) is 10.9. The number of halogens is 1. The number of hydrogen-bond donors (Lipinski definition) is 0. The van der Waals surface area contributed by atoms with Crippen LogP contribution in [-0.4, -0.2) is 13.1 Å². The molecule has 2 aromatic rings. The van der Waals surface area contributed by atoms with E-state index in [9.17, 15) is 14.3 Å². The molecule has 2 aromatic carbocycles. The van der Waals surface area contributed by atoms with Crippen LogP contribution in [0.15, 0.2) is 48.5 Å². The fraction of sp³-hybridized carbons (Fsp3) is 0.188. The zero-order chi connectivity index (χ0) is 14.5. The summed E-state index contributed by atoms with van der Waals surface area (Å²) < 4.78 is 18.0. The number of carbonyl (C=O) groups is 1. The Morgan fingerprint density at radius 1 is 1.10 bits per heavy atom. The van der Waals surface area contributed by atoms with Crippen LogP contribution in [0.3, 0.4) is 0 Å². The van der Waals surface area contributed by atoms with Gasteiger partial charge in [0.1, 0.15) is 11.6 Å². The van der Waals surface area contributed by atoms with Crippen molar-refractivity contribution in [1.29, 1.82) is 0 Å². The van der Waals surface area contributed by atoms with Gasteiger partial charge in [-0.1, -0.05) is 24.3 Å². The van der Waals surface area contributed by atoms with E-state index >= 15 is 0 Å². The molecule has 0 radical (unpaired) electrons. The fourth-order valence-electron chi connectivity index (χ4n) is 2.13. The molecule has 0 aromatic heterocycles. The van der Waals surface area contributed by atoms with Crippen molar-refractivity contribution >= 4 is 5.97 Å². The molecule has 0 unspecified atom stereocenters. The van der Waals surface area contributed by atoms with Crippen LogP contribution >= 0.6 is 0 Å². The third-order valence-electron chi connectivity index (χ3n) is 3.16. The van der Waals surface area contributed by atoms with Crippen LogP contribution in [0.5, 0.6) is 5.75 Å². The SMILES string of the molecule is COc1ccc([C@@H](CC(=O)[O-])c2ccc(F)cc2)cc1. The highest BCUT2D eigenvalue weighted by atomic mass is 19.1. The Kier molecular flexibility index (Phi) is 4.35. The van der Waals surface area contributed by atoms with Crippen LogP contribution in [0, 0.1) is 5.82 Å². The quantitative estimate of drug-likeness (QED) is 0.838. The van der Waals surface area contributed by atoms with Gasteiger partial charge < -0.3 is 14.6 Å². The third kappa shape index (κ3) is 3.35. The predicted octanol–water partition coefficient (Wildman–Crippen LogP) is 2.11. The molecule has 104 valence electrons. The molecular formula is C16H14FO3-. The molecule has 0 amide bonds. The van der Waals surface area contributed by atoms with Gasteiger partial charge in [-0.2, -0.15) is 0 Å². The average Bonchev–Trinajstić information content (AvgIpc) is 2.46. The number of hydrogen-bond acceptors (Lipinski definition) is 3. The zero-order valence-corrected chi connectivity index (χ0v) is 11.0. The second-order valence-corrected chi connectivity index (χ2v) is 4.45. The van der Waals surface area contributed by atoms with E-state index in [4.69, 9.17) is 4.74 Å². The van der Waals surface area contributed by atoms with Crippen LogP contribution < -0.4 is 9.84 Å². The number of benzene rings is 2. The summed E-state index contributed by atoms with van der Waals surface area (Å²) in [6.07, 6.45) is -0.155. The van der Waals surface area contributed by atoms with Gasteiger partial charge in [0.05, 0.1) is 7.11 Å². The van der Waals surface area contributed by atoms with Crippen molar-refractivity contribution < 1.29 is 19.0 Å². The van der Waals surface area contributed by atoms with Crippen molar-refractivity contribution in [3.05, 3.63) is 65.5 Å². The monoisotopic (exact) mass is 273 g/mol. The molecule has 0 aliphatic rings. The number of ether oxygens (including phenoxy) is 1. The van der Waals surface area contributed by atoms with Crippen molar-refractivity contribution in [1.82, 2.24) is 0 Å². The number of carboxylic acid groups (broad SMARTS) is 1. The Bertz CT molecular complexity index is 576. The van der Waals surface area contributed by atoms with Gasteiger partial charge in [-0.3, -0.25) is 0 Å². The average molecular weight is 273 g/mol. The molecule has 0 saturated heterocycles. The van der Waals surface area contributed by atoms with Gasteiger partial charge in [0, 0.05) is 11.9 Å². The van der Waals surface area contributed by atoms with E-state index in [-0.39, 0.29) is 18.2 Å². The molecule has 20 heavy (non-hydrogen) atoms. The Hall–Kier alpha value is -2.36. The van der Waals surface area contributed by atoms with Crippen LogP contribution in [0.2, 0.25) is 0 Å². The lowest BCUT2D eigenvalue weighted by molar-refractivity contribution is -0.305. The molecule has 0 aliphatic heterocycles. The molecule has 3 nitrogen and oxygen atoms in total. The Labute approximate surface area is 116 Å². The minimum Gasteiger partial charge on any atom is -0.550 e. The maximum absolute atomic E-state index is 13.0. The molecule has 0 heterocycles. The maximum atomic E-state index is 13.0. The summed E-state index contributed by atoms with van der Waals surface area (Å²) >= 11 is 0. The van der Waals surface area contributed by atoms with Crippen molar-refractivity contribution in [3.8, 4) is 5.75 Å². The highest BCUT2D eigenvalue weighted by Gasteiger charge is 2.15. The third-order valence-corrected chi connectivity index (χ3v) is 3.16. The van der Waals surface area contributed by atoms with Crippen molar-refractivity contribution in [3.63, 3.8) is 0 Å². The standard InChI is InChI=1S/C16H15FO3/c1-20-14-8-4-12(5-9-14)15(10-16(18)19)11-2-6-13(17)7-3-11/h2-9,15H,10H2,1H3,(H,18,19)/p-1/t15-/m0/s1. The molecule has 0 spiro atoms. The Morgan fingerprint density at radius 2 is 1.60 bits per heavy atom. The molecule has 4 heteroatoms. The van der Waals surface area contributed by atoms with Gasteiger partial charge in [0.15, 0.2) is 0 Å². The first-order chi connectivity index (χ1) is 9.60. The smallest absolute Gasteiger partial charge is 0.123 e. The van der Waals surface area contributed by atoms with Crippen molar-refractivity contribution in [2.45, 2.75) is 12.3 Å². The summed E-state index contributed by atoms with van der Waals surface area (Å²) in [7, 11) is 1.56. The Balaban J connectivity index is 2.35. The summed E-state index contributed by atoms with van der Waals surface area (Å²) in [6.45, 7) is 0. The maximum Gasteiger partial charge on any atom is 0.123 e. The lowest BCUT2D eigenvalue weighted by Crippen LogP contribution is -2.24. The molecule has 2 rings (SSSR count). The summed E-state index contributed by atoms with van der Waals surface area (Å²) in [5, 5.41) is 10.9. The van der Waals surface area contributed by atoms with E-state index < -0.39 is 5.97 Å². The summed E-state index contributed by atoms with van der Waals surface area (Å²) in [6, 6.07) is 13.0. The second-order valence-electron chi connectivity index (χ2n) is 4.45. The van der Waals surface area contributed by atoms with Crippen molar-refractivity contribution in [2.24, 2.45) is 0 Å². The van der Waals surface area contributed by atoms with Crippen LogP contribution in [0.4, 0.5) is 4.39 Å². The van der Waals surface area contributed by atoms with Crippen LogP contribution in [0.25, 0.3) is 0 Å². The number of carboxylic acids is 1. The van der Waals surface area contributed by atoms with Crippen molar-refractivity contribution in [2.75, 3.05) is 7.11 Å². The number of carbonyl (C=O) groups excluding carboxylic acids is 1. The van der Waals surface area contributed by atoms with Gasteiger partial charge in [-0.15, -0.1) is 0 Å². The summed E-state index contributed by atoms with van der Waals surface area (Å²) in [5.74, 6) is -1.17. The first kappa shape index (κ1) is 14.1. The molecular weight excluding hydrogens is 259 g/mol. The molecule has 0 bridgehead atoms. The first-order valence-electron chi connectivity index (χ1n) is 6.19. The van der Waals surface area contributed by atoms with E-state index in [2.05, 4.69) is 0 Å². The minimum absolute atomic E-state index is 0.155. The highest BCUT2D eigenvalue weighted by molar-refractivity contribution is 5.66. The second kappa shape index (κ2) is 6.19. The predicted molar refractivity (Wildman–Crippen MR) is 70.9 cm³/mol. The van der Waals surface area contributed by atoms with Gasteiger partial charge in [-0.25, -0.2) is 4.39 Å². The van der Waals surface area contributed by atoms with Gasteiger partial charge in [0.25, 0.3) is 0 Å². The molecule has 0 N–H and O–H groups in total. The number of aliphatic carboxylic acids is 1. The number of rotatable bonds is 5. The molecule has 0 saturated carbocycles. The van der Waals surface area contributed by atoms with Gasteiger partial charge in [-0.05, 0) is 41.8 Å². The van der Waals surface area contributed by atoms with E-state index in [1.165, 1.54) is 12.1 Å². The van der Waals surface area contributed by atoms with Crippen LogP contribution in [0.1, 0.15) is 23.5 Å². The van der Waals surface area contributed by atoms with E-state index in [1.807, 2.05) is 0 Å². The van der Waals surface area contributed by atoms with E-state index in [1.54, 1.807) is 43.5 Å². The molecule has 0 fully saturated rings. The van der Waals surface area contributed by atoms with Crippen LogP contribution in [-0.2, 0) is 4.79 Å². The largest absolute Gasteiger partial charge is 0.550 e. The Morgan fingerprint density at radius 3 is 2.05 bits per heavy atom. The lowest BCUT2D eigenvalue weighted by atomic mass is 9.88. The van der Waals surface area contributed by atoms with Gasteiger partial charge >= 0.3 is 0 Å². The first-order valence-corrected chi connectivity index (χ1v) is 6.19. The zero-order valence-electron chi connectivity index (χ0n) is 11.0. The lowest BCUT2D eigenvalue weighted by Gasteiger charge is -2.19. The fourth-order valence-corrected chi connectivity index (χ4v) is 2.13. The topological polar surface area (TPSA) is 49.4 Å². The highest BCUT2D eigenvalue weighted by Crippen LogP contribution is 2.29. The van der Waals surface area contributed by atoms with E-state index in [0.29, 0.717) is 5.75 Å². The van der Waals surface area contributed by atoms with E-state index in [0.717, 1.165) is 11.1 Å². The number of methoxy groups -OCH3 is 1. The molecule has 1 atom stereocenters. The summed E-state index contributed by atoms with van der Waals surface area (Å²) in [5.41, 5.74) is 1.56. The van der Waals surface area contributed by atoms with Gasteiger partial charge in [0.2, 0.25) is 0 Å². The normalized spacial score (nSPS) is 11.9. The minimum atomic E-state index is -1.14. The molecule has 0 aliphatic carbocycles.